The standard InChI is InChI=1S/C33H29N7O5S2/c1-19-4-9-25(10-5-19)47(44,45)40-30-13-21(23-12-26(17-35-16-23)46(3,42)43)6-7-22(30)14-31(40)32(41)27-18-36-39(33(27)34)24-8-11-28-29(15-24)38-20(2)37-28/h4,6-9,11-18H,5,10,34H2,1-3H3,(H,37,38). The van der Waals surface area contributed by atoms with Crippen LogP contribution in [0.3, 0.4) is 0 Å². The van der Waals surface area contributed by atoms with E-state index < -0.39 is 25.6 Å². The van der Waals surface area contributed by atoms with Crippen LogP contribution in [-0.4, -0.2) is 57.6 Å². The molecule has 0 radical (unpaired) electrons. The van der Waals surface area contributed by atoms with Crippen LogP contribution in [-0.2, 0) is 19.9 Å². The Morgan fingerprint density at radius 1 is 0.915 bits per heavy atom. The largest absolute Gasteiger partial charge is 0.383 e. The van der Waals surface area contributed by atoms with E-state index in [0.717, 1.165) is 27.1 Å². The van der Waals surface area contributed by atoms with Crippen LogP contribution < -0.4 is 5.73 Å². The molecule has 47 heavy (non-hydrogen) atoms. The van der Waals surface area contributed by atoms with E-state index in [1.54, 1.807) is 42.5 Å². The zero-order valence-corrected chi connectivity index (χ0v) is 27.2. The molecule has 0 aliphatic heterocycles. The number of hydrogen-bond acceptors (Lipinski definition) is 9. The number of nitrogens with zero attached hydrogens (tertiary/aromatic N) is 5. The average molecular weight is 668 g/mol. The van der Waals surface area contributed by atoms with Gasteiger partial charge in [0.15, 0.2) is 9.84 Å². The molecule has 0 saturated carbocycles. The fourth-order valence-corrected chi connectivity index (χ4v) is 7.98. The molecule has 2 aromatic carbocycles. The van der Waals surface area contributed by atoms with Crippen molar-refractivity contribution in [2.24, 2.45) is 0 Å². The molecule has 0 saturated heterocycles. The van der Waals surface area contributed by atoms with Crippen molar-refractivity contribution in [3.05, 3.63) is 107 Å². The predicted molar refractivity (Wildman–Crippen MR) is 179 cm³/mol. The highest BCUT2D eigenvalue weighted by Gasteiger charge is 2.31. The summed E-state index contributed by atoms with van der Waals surface area (Å²) in [7, 11) is -7.78. The smallest absolute Gasteiger partial charge is 0.264 e. The number of aromatic nitrogens is 6. The third-order valence-corrected chi connectivity index (χ3v) is 11.2. The molecule has 0 atom stereocenters. The molecular weight excluding hydrogens is 639 g/mol. The van der Waals surface area contributed by atoms with Gasteiger partial charge in [0.2, 0.25) is 5.78 Å². The van der Waals surface area contributed by atoms with Crippen LogP contribution in [0.15, 0.2) is 94.6 Å². The van der Waals surface area contributed by atoms with E-state index in [2.05, 4.69) is 20.1 Å². The fourth-order valence-electron chi connectivity index (χ4n) is 5.74. The minimum absolute atomic E-state index is 0.0255. The number of allylic oxidation sites excluding steroid dienone is 4. The van der Waals surface area contributed by atoms with Gasteiger partial charge in [-0.15, -0.1) is 0 Å². The number of anilines is 1. The van der Waals surface area contributed by atoms with Crippen molar-refractivity contribution < 1.29 is 21.6 Å². The molecular formula is C33H29N7O5S2. The summed E-state index contributed by atoms with van der Waals surface area (Å²) < 4.78 is 55.6. The van der Waals surface area contributed by atoms with Crippen molar-refractivity contribution >= 4 is 53.4 Å². The third kappa shape index (κ3) is 5.24. The molecule has 0 amide bonds. The summed E-state index contributed by atoms with van der Waals surface area (Å²) in [4.78, 5) is 26.2. The van der Waals surface area contributed by atoms with Crippen LogP contribution in [0.4, 0.5) is 5.82 Å². The van der Waals surface area contributed by atoms with E-state index in [1.807, 2.05) is 19.9 Å². The summed E-state index contributed by atoms with van der Waals surface area (Å²) in [5, 5.41) is 4.86. The first-order chi connectivity index (χ1) is 22.3. The molecule has 0 fully saturated rings. The molecule has 6 aromatic rings. The van der Waals surface area contributed by atoms with E-state index in [9.17, 15) is 21.6 Å². The first-order valence-electron chi connectivity index (χ1n) is 14.6. The van der Waals surface area contributed by atoms with Gasteiger partial charge in [-0.1, -0.05) is 23.8 Å². The highest BCUT2D eigenvalue weighted by atomic mass is 32.2. The minimum Gasteiger partial charge on any atom is -0.383 e. The van der Waals surface area contributed by atoms with Crippen molar-refractivity contribution in [2.75, 3.05) is 12.0 Å². The van der Waals surface area contributed by atoms with Crippen LogP contribution in [0.2, 0.25) is 0 Å². The van der Waals surface area contributed by atoms with Gasteiger partial charge in [0.1, 0.15) is 17.3 Å². The number of fused-ring (bicyclic) bond motifs is 2. The van der Waals surface area contributed by atoms with E-state index >= 15 is 0 Å². The highest BCUT2D eigenvalue weighted by Crippen LogP contribution is 2.34. The van der Waals surface area contributed by atoms with E-state index in [0.29, 0.717) is 34.1 Å². The molecule has 1 aliphatic carbocycles. The van der Waals surface area contributed by atoms with Gasteiger partial charge >= 0.3 is 0 Å². The number of H-pyrrole nitrogens is 1. The molecule has 0 unspecified atom stereocenters. The molecule has 3 N–H and O–H groups in total. The number of carbonyl (C=O) groups is 1. The SMILES string of the molecule is CC1=CC=C(S(=O)(=O)n2c(C(=O)c3cnn(-c4ccc5[nH]c(C)nc5c4)c3N)cc3ccc(-c4cncc(S(C)(=O)=O)c4)cc32)CC1. The number of carbonyl (C=O) groups excluding carboxylic acids is 1. The normalized spacial score (nSPS) is 14.0. The van der Waals surface area contributed by atoms with Crippen LogP contribution in [0.25, 0.3) is 38.8 Å². The molecule has 1 aliphatic rings. The lowest BCUT2D eigenvalue weighted by Crippen LogP contribution is -2.21. The summed E-state index contributed by atoms with van der Waals surface area (Å²) >= 11 is 0. The van der Waals surface area contributed by atoms with Gasteiger partial charge in [0.05, 0.1) is 43.8 Å². The van der Waals surface area contributed by atoms with Crippen LogP contribution in [0, 0.1) is 6.92 Å². The maximum absolute atomic E-state index is 14.4. The number of hydrogen-bond donors (Lipinski definition) is 2. The molecule has 0 bridgehead atoms. The average Bonchev–Trinajstić information content (AvgIpc) is 3.73. The molecule has 7 rings (SSSR count). The van der Waals surface area contributed by atoms with Gasteiger partial charge in [-0.3, -0.25) is 9.78 Å². The highest BCUT2D eigenvalue weighted by molar-refractivity contribution is 7.94. The Bertz CT molecular complexity index is 2570. The fraction of sp³-hybridized carbons (Fsp3) is 0.152. The van der Waals surface area contributed by atoms with E-state index in [1.165, 1.54) is 35.4 Å². The van der Waals surface area contributed by atoms with Crippen molar-refractivity contribution in [3.8, 4) is 16.8 Å². The summed E-state index contributed by atoms with van der Waals surface area (Å²) in [6, 6.07) is 13.4. The van der Waals surface area contributed by atoms with Gasteiger partial charge in [-0.05, 0) is 74.7 Å². The molecule has 4 heterocycles. The van der Waals surface area contributed by atoms with Crippen molar-refractivity contribution in [1.82, 2.24) is 28.7 Å². The number of pyridine rings is 1. The van der Waals surface area contributed by atoms with Crippen molar-refractivity contribution in [2.45, 2.75) is 31.6 Å². The number of nitrogens with two attached hydrogens (primary N) is 1. The van der Waals surface area contributed by atoms with Gasteiger partial charge in [0.25, 0.3) is 10.0 Å². The van der Waals surface area contributed by atoms with Gasteiger partial charge in [0, 0.05) is 29.6 Å². The Kier molecular flexibility index (Phi) is 7.02. The Labute approximate surface area is 270 Å². The maximum Gasteiger partial charge on any atom is 0.264 e. The Balaban J connectivity index is 1.40. The van der Waals surface area contributed by atoms with Crippen LogP contribution in [0.1, 0.15) is 41.6 Å². The summed E-state index contributed by atoms with van der Waals surface area (Å²) in [6.07, 6.45) is 9.32. The quantitative estimate of drug-likeness (QED) is 0.220. The number of aromatic amines is 1. The number of benzene rings is 2. The Hall–Kier alpha value is -5.34. The monoisotopic (exact) mass is 667 g/mol. The zero-order valence-electron chi connectivity index (χ0n) is 25.6. The second-order valence-corrected chi connectivity index (χ2v) is 15.5. The summed E-state index contributed by atoms with van der Waals surface area (Å²) in [5.74, 6) is 0.156. The first-order valence-corrected chi connectivity index (χ1v) is 17.9. The van der Waals surface area contributed by atoms with Gasteiger partial charge in [-0.2, -0.15) is 5.10 Å². The topological polar surface area (TPSA) is 176 Å². The lowest BCUT2D eigenvalue weighted by atomic mass is 10.1. The number of nitrogens with one attached hydrogen (secondary N) is 1. The molecule has 0 spiro atoms. The van der Waals surface area contributed by atoms with Crippen LogP contribution in [0.5, 0.6) is 0 Å². The van der Waals surface area contributed by atoms with Crippen molar-refractivity contribution in [1.29, 1.82) is 0 Å². The van der Waals surface area contributed by atoms with Gasteiger partial charge in [-0.25, -0.2) is 30.5 Å². The molecule has 14 heteroatoms. The summed E-state index contributed by atoms with van der Waals surface area (Å²) in [5.41, 5.74) is 10.8. The number of imidazole rings is 1. The number of rotatable bonds is 7. The lowest BCUT2D eigenvalue weighted by molar-refractivity contribution is 0.103. The van der Waals surface area contributed by atoms with E-state index in [-0.39, 0.29) is 38.8 Å². The number of ketones is 1. The number of aryl methyl sites for hydroxylation is 1. The third-order valence-electron chi connectivity index (χ3n) is 8.24. The summed E-state index contributed by atoms with van der Waals surface area (Å²) in [6.45, 7) is 3.77. The molecule has 238 valence electrons. The predicted octanol–water partition coefficient (Wildman–Crippen LogP) is 5.09. The second kappa shape index (κ2) is 10.9. The maximum atomic E-state index is 14.4. The van der Waals surface area contributed by atoms with E-state index in [4.69, 9.17) is 5.73 Å². The molecule has 12 nitrogen and oxygen atoms in total. The first kappa shape index (κ1) is 30.3. The lowest BCUT2D eigenvalue weighted by Gasteiger charge is -2.17. The number of nitrogen functional groups attached to an aromatic ring is 1. The second-order valence-electron chi connectivity index (χ2n) is 11.6. The number of sulfone groups is 1. The van der Waals surface area contributed by atoms with Gasteiger partial charge < -0.3 is 10.7 Å². The Morgan fingerprint density at radius 3 is 2.47 bits per heavy atom. The zero-order chi connectivity index (χ0) is 33.2. The van der Waals surface area contributed by atoms with Crippen LogP contribution >= 0.6 is 0 Å². The molecule has 4 aromatic heterocycles. The van der Waals surface area contributed by atoms with Crippen molar-refractivity contribution in [3.63, 3.8) is 0 Å². The Morgan fingerprint density at radius 2 is 1.72 bits per heavy atom. The minimum atomic E-state index is -4.24.